The number of likely N-dealkylation sites (tertiary alicyclic amines) is 1. The smallest absolute Gasteiger partial charge is 0.326 e. The van der Waals surface area contributed by atoms with Crippen molar-refractivity contribution >= 4 is 11.9 Å². The van der Waals surface area contributed by atoms with Crippen molar-refractivity contribution in [3.63, 3.8) is 0 Å². The molecular formula is C14H21N3O3. The molecule has 3 unspecified atom stereocenters. The predicted molar refractivity (Wildman–Crippen MR) is 73.1 cm³/mol. The van der Waals surface area contributed by atoms with Gasteiger partial charge in [-0.25, -0.2) is 4.79 Å². The van der Waals surface area contributed by atoms with E-state index in [1.807, 2.05) is 0 Å². The van der Waals surface area contributed by atoms with Crippen LogP contribution in [0.2, 0.25) is 0 Å². The van der Waals surface area contributed by atoms with E-state index in [4.69, 9.17) is 0 Å². The fraction of sp³-hybridized carbons (Fsp3) is 0.643. The lowest BCUT2D eigenvalue weighted by atomic mass is 9.88. The van der Waals surface area contributed by atoms with Gasteiger partial charge in [0.15, 0.2) is 0 Å². The first-order valence-corrected chi connectivity index (χ1v) is 7.07. The maximum Gasteiger partial charge on any atom is 0.326 e. The van der Waals surface area contributed by atoms with Crippen LogP contribution in [-0.2, 0) is 9.59 Å². The van der Waals surface area contributed by atoms with Crippen molar-refractivity contribution in [1.82, 2.24) is 14.7 Å². The summed E-state index contributed by atoms with van der Waals surface area (Å²) in [5, 5.41) is 13.4. The Hall–Kier alpha value is -1.85. The van der Waals surface area contributed by atoms with Gasteiger partial charge in [-0.05, 0) is 31.7 Å². The lowest BCUT2D eigenvalue weighted by Crippen LogP contribution is -2.51. The van der Waals surface area contributed by atoms with Crippen LogP contribution in [0.5, 0.6) is 0 Å². The van der Waals surface area contributed by atoms with Crippen molar-refractivity contribution < 1.29 is 14.7 Å². The van der Waals surface area contributed by atoms with Gasteiger partial charge < -0.3 is 10.0 Å². The Labute approximate surface area is 118 Å². The SMILES string of the molecule is CCC1CCN(C(=O)C(C)n2cccn2)C(C(=O)O)C1. The van der Waals surface area contributed by atoms with Gasteiger partial charge in [0.05, 0.1) is 0 Å². The number of carbonyl (C=O) groups is 2. The van der Waals surface area contributed by atoms with Crippen LogP contribution in [0.15, 0.2) is 18.5 Å². The zero-order chi connectivity index (χ0) is 14.7. The number of piperidine rings is 1. The fourth-order valence-electron chi connectivity index (χ4n) is 2.77. The molecule has 1 saturated heterocycles. The molecular weight excluding hydrogens is 258 g/mol. The molecule has 2 rings (SSSR count). The second-order valence-corrected chi connectivity index (χ2v) is 5.35. The lowest BCUT2D eigenvalue weighted by molar-refractivity contribution is -0.154. The highest BCUT2D eigenvalue weighted by Gasteiger charge is 2.37. The molecule has 3 atom stereocenters. The summed E-state index contributed by atoms with van der Waals surface area (Å²) < 4.78 is 1.56. The number of amides is 1. The number of hydrogen-bond acceptors (Lipinski definition) is 3. The standard InChI is InChI=1S/C14H21N3O3/c1-3-11-5-8-16(12(9-11)14(19)20)13(18)10(2)17-7-4-6-15-17/h4,6-7,10-12H,3,5,8-9H2,1-2H3,(H,19,20). The van der Waals surface area contributed by atoms with E-state index in [0.717, 1.165) is 12.8 Å². The van der Waals surface area contributed by atoms with Crippen LogP contribution >= 0.6 is 0 Å². The number of aromatic nitrogens is 2. The number of rotatable bonds is 4. The molecule has 1 aliphatic heterocycles. The minimum atomic E-state index is -0.913. The number of carbonyl (C=O) groups excluding carboxylic acids is 1. The Morgan fingerprint density at radius 3 is 2.80 bits per heavy atom. The van der Waals surface area contributed by atoms with Crippen LogP contribution in [0.25, 0.3) is 0 Å². The first-order valence-electron chi connectivity index (χ1n) is 7.07. The molecule has 1 amide bonds. The minimum Gasteiger partial charge on any atom is -0.480 e. The van der Waals surface area contributed by atoms with Gasteiger partial charge in [0.2, 0.25) is 5.91 Å². The predicted octanol–water partition coefficient (Wildman–Crippen LogP) is 1.55. The van der Waals surface area contributed by atoms with E-state index in [2.05, 4.69) is 12.0 Å². The van der Waals surface area contributed by atoms with E-state index < -0.39 is 18.1 Å². The lowest BCUT2D eigenvalue weighted by Gasteiger charge is -2.38. The highest BCUT2D eigenvalue weighted by atomic mass is 16.4. The molecule has 6 heteroatoms. The molecule has 20 heavy (non-hydrogen) atoms. The summed E-state index contributed by atoms with van der Waals surface area (Å²) in [5.74, 6) is -0.694. The highest BCUT2D eigenvalue weighted by molar-refractivity contribution is 5.86. The molecule has 1 aromatic heterocycles. The van der Waals surface area contributed by atoms with E-state index >= 15 is 0 Å². The molecule has 0 aliphatic carbocycles. The Morgan fingerprint density at radius 1 is 1.50 bits per heavy atom. The zero-order valence-corrected chi connectivity index (χ0v) is 11.9. The van der Waals surface area contributed by atoms with Crippen LogP contribution in [0, 0.1) is 5.92 Å². The third-order valence-electron chi connectivity index (χ3n) is 4.14. The molecule has 1 aromatic rings. The largest absolute Gasteiger partial charge is 0.480 e. The summed E-state index contributed by atoms with van der Waals surface area (Å²) in [6.07, 6.45) is 5.71. The summed E-state index contributed by atoms with van der Waals surface area (Å²) in [6.45, 7) is 4.33. The molecule has 0 bridgehead atoms. The van der Waals surface area contributed by atoms with Crippen molar-refractivity contribution in [2.75, 3.05) is 6.54 Å². The van der Waals surface area contributed by atoms with Crippen LogP contribution < -0.4 is 0 Å². The van der Waals surface area contributed by atoms with Gasteiger partial charge in [-0.15, -0.1) is 0 Å². The monoisotopic (exact) mass is 279 g/mol. The quantitative estimate of drug-likeness (QED) is 0.907. The van der Waals surface area contributed by atoms with E-state index in [0.29, 0.717) is 18.9 Å². The molecule has 6 nitrogen and oxygen atoms in total. The fourth-order valence-corrected chi connectivity index (χ4v) is 2.77. The van der Waals surface area contributed by atoms with Crippen LogP contribution in [0.1, 0.15) is 39.2 Å². The summed E-state index contributed by atoms with van der Waals surface area (Å²) in [7, 11) is 0. The maximum atomic E-state index is 12.5. The Balaban J connectivity index is 2.13. The zero-order valence-electron chi connectivity index (χ0n) is 11.9. The molecule has 0 saturated carbocycles. The second-order valence-electron chi connectivity index (χ2n) is 5.35. The Kier molecular flexibility index (Phi) is 4.42. The van der Waals surface area contributed by atoms with Gasteiger partial charge in [-0.2, -0.15) is 5.10 Å². The number of hydrogen-bond donors (Lipinski definition) is 1. The van der Waals surface area contributed by atoms with Crippen molar-refractivity contribution in [3.05, 3.63) is 18.5 Å². The molecule has 0 radical (unpaired) electrons. The topological polar surface area (TPSA) is 75.4 Å². The van der Waals surface area contributed by atoms with Crippen LogP contribution in [0.3, 0.4) is 0 Å². The number of nitrogens with zero attached hydrogens (tertiary/aromatic N) is 3. The molecule has 1 N–H and O–H groups in total. The average Bonchev–Trinajstić information content (AvgIpc) is 2.99. The van der Waals surface area contributed by atoms with Crippen molar-refractivity contribution in [2.45, 2.75) is 45.2 Å². The molecule has 1 aliphatic rings. The second kappa shape index (κ2) is 6.07. The average molecular weight is 279 g/mol. The molecule has 2 heterocycles. The van der Waals surface area contributed by atoms with Gasteiger partial charge >= 0.3 is 5.97 Å². The van der Waals surface area contributed by atoms with Gasteiger partial charge in [-0.1, -0.05) is 13.3 Å². The molecule has 110 valence electrons. The van der Waals surface area contributed by atoms with Crippen molar-refractivity contribution in [2.24, 2.45) is 5.92 Å². The van der Waals surface area contributed by atoms with E-state index in [-0.39, 0.29) is 5.91 Å². The summed E-state index contributed by atoms with van der Waals surface area (Å²) >= 11 is 0. The first-order chi connectivity index (χ1) is 9.54. The Bertz CT molecular complexity index is 472. The maximum absolute atomic E-state index is 12.5. The summed E-state index contributed by atoms with van der Waals surface area (Å²) in [5.41, 5.74) is 0. The number of aliphatic carboxylic acids is 1. The van der Waals surface area contributed by atoms with Crippen LogP contribution in [0.4, 0.5) is 0 Å². The number of carboxylic acids is 1. The molecule has 1 fully saturated rings. The normalized spacial score (nSPS) is 24.4. The number of carboxylic acid groups (broad SMARTS) is 1. The highest BCUT2D eigenvalue weighted by Crippen LogP contribution is 2.27. The minimum absolute atomic E-state index is 0.171. The Morgan fingerprint density at radius 2 is 2.25 bits per heavy atom. The van der Waals surface area contributed by atoms with Crippen molar-refractivity contribution in [3.8, 4) is 0 Å². The summed E-state index contributed by atoms with van der Waals surface area (Å²) in [4.78, 5) is 25.4. The van der Waals surface area contributed by atoms with E-state index in [1.165, 1.54) is 4.90 Å². The van der Waals surface area contributed by atoms with Crippen LogP contribution in [-0.4, -0.2) is 44.3 Å². The third-order valence-corrected chi connectivity index (χ3v) is 4.14. The molecule has 0 spiro atoms. The van der Waals surface area contributed by atoms with Crippen molar-refractivity contribution in [1.29, 1.82) is 0 Å². The van der Waals surface area contributed by atoms with Gasteiger partial charge in [0.25, 0.3) is 0 Å². The van der Waals surface area contributed by atoms with E-state index in [1.54, 1.807) is 30.1 Å². The van der Waals surface area contributed by atoms with Gasteiger partial charge in [0, 0.05) is 18.9 Å². The van der Waals surface area contributed by atoms with E-state index in [9.17, 15) is 14.7 Å². The summed E-state index contributed by atoms with van der Waals surface area (Å²) in [6, 6.07) is 0.575. The van der Waals surface area contributed by atoms with Gasteiger partial charge in [0.1, 0.15) is 12.1 Å². The van der Waals surface area contributed by atoms with Gasteiger partial charge in [-0.3, -0.25) is 9.48 Å². The molecule has 0 aromatic carbocycles. The first kappa shape index (κ1) is 14.6. The third kappa shape index (κ3) is 2.84.